The Morgan fingerprint density at radius 1 is 1.14 bits per heavy atom. The predicted octanol–water partition coefficient (Wildman–Crippen LogP) is 4.65. The lowest BCUT2D eigenvalue weighted by atomic mass is 10.2. The minimum atomic E-state index is -0.620. The molecule has 0 aliphatic heterocycles. The molecular weight excluding hydrogens is 332 g/mol. The van der Waals surface area contributed by atoms with Gasteiger partial charge in [0.25, 0.3) is 5.91 Å². The van der Waals surface area contributed by atoms with Gasteiger partial charge in [0.2, 0.25) is 0 Å². The monoisotopic (exact) mass is 343 g/mol. The topological polar surface area (TPSA) is 29.1 Å². The lowest BCUT2D eigenvalue weighted by Gasteiger charge is -2.07. The molecule has 2 nitrogen and oxygen atoms in total. The number of rotatable bonds is 5. The second-order valence-electron chi connectivity index (χ2n) is 4.15. The van der Waals surface area contributed by atoms with Gasteiger partial charge in [-0.15, -0.1) is 11.8 Å². The number of carbonyl (C=O) groups is 1. The molecule has 0 aliphatic carbocycles. The Morgan fingerprint density at radius 3 is 2.52 bits per heavy atom. The predicted molar refractivity (Wildman–Crippen MR) is 85.9 cm³/mol. The second-order valence-corrected chi connectivity index (χ2v) is 6.17. The van der Waals surface area contributed by atoms with Crippen LogP contribution in [0, 0.1) is 5.82 Å². The molecular formula is C15H12Cl2FNOS. The average molecular weight is 344 g/mol. The highest BCUT2D eigenvalue weighted by atomic mass is 35.5. The van der Waals surface area contributed by atoms with Gasteiger partial charge < -0.3 is 5.32 Å². The molecule has 2 aromatic rings. The van der Waals surface area contributed by atoms with Gasteiger partial charge in [-0.05, 0) is 36.4 Å². The Kier molecular flexibility index (Phi) is 5.91. The van der Waals surface area contributed by atoms with Crippen LogP contribution in [0.15, 0.2) is 47.4 Å². The molecule has 0 aromatic heterocycles. The van der Waals surface area contributed by atoms with Crippen molar-refractivity contribution >= 4 is 40.9 Å². The largest absolute Gasteiger partial charge is 0.351 e. The fourth-order valence-corrected chi connectivity index (χ4v) is 2.81. The summed E-state index contributed by atoms with van der Waals surface area (Å²) in [5.41, 5.74) is -0.115. The fourth-order valence-electron chi connectivity index (χ4n) is 1.67. The molecule has 0 radical (unpaired) electrons. The summed E-state index contributed by atoms with van der Waals surface area (Å²) in [7, 11) is 0. The van der Waals surface area contributed by atoms with E-state index in [2.05, 4.69) is 5.32 Å². The van der Waals surface area contributed by atoms with Crippen LogP contribution in [0.1, 0.15) is 10.4 Å². The zero-order valence-electron chi connectivity index (χ0n) is 10.9. The summed E-state index contributed by atoms with van der Waals surface area (Å²) in [6.45, 7) is 0.413. The number of amides is 1. The van der Waals surface area contributed by atoms with Crippen LogP contribution in [-0.2, 0) is 0 Å². The Bertz CT molecular complexity index is 614. The molecule has 0 spiro atoms. The van der Waals surface area contributed by atoms with E-state index in [9.17, 15) is 9.18 Å². The molecule has 0 saturated heterocycles. The molecule has 1 amide bonds. The summed E-state index contributed by atoms with van der Waals surface area (Å²) in [4.78, 5) is 12.9. The van der Waals surface area contributed by atoms with Crippen molar-refractivity contribution in [1.29, 1.82) is 0 Å². The fraction of sp³-hybridized carbons (Fsp3) is 0.133. The number of thioether (sulfide) groups is 1. The molecule has 0 bridgehead atoms. The van der Waals surface area contributed by atoms with E-state index in [4.69, 9.17) is 23.2 Å². The molecule has 0 fully saturated rings. The Labute approximate surface area is 136 Å². The quantitative estimate of drug-likeness (QED) is 0.632. The molecule has 0 saturated carbocycles. The number of halogens is 3. The van der Waals surface area contributed by atoms with Gasteiger partial charge in [0.15, 0.2) is 0 Å². The van der Waals surface area contributed by atoms with Crippen molar-refractivity contribution in [2.45, 2.75) is 4.90 Å². The Morgan fingerprint density at radius 2 is 1.86 bits per heavy atom. The Hall–Kier alpha value is -1.23. The van der Waals surface area contributed by atoms with Crippen LogP contribution < -0.4 is 5.32 Å². The normalized spacial score (nSPS) is 10.4. The van der Waals surface area contributed by atoms with Crippen LogP contribution in [-0.4, -0.2) is 18.2 Å². The molecule has 1 N–H and O–H groups in total. The first-order valence-corrected chi connectivity index (χ1v) is 7.92. The van der Waals surface area contributed by atoms with Crippen LogP contribution in [0.3, 0.4) is 0 Å². The summed E-state index contributed by atoms with van der Waals surface area (Å²) in [6.07, 6.45) is 0. The highest BCUT2D eigenvalue weighted by Crippen LogP contribution is 2.20. The molecule has 2 rings (SSSR count). The van der Waals surface area contributed by atoms with Crippen molar-refractivity contribution < 1.29 is 9.18 Å². The number of hydrogen-bond donors (Lipinski definition) is 1. The number of nitrogens with one attached hydrogen (secondary N) is 1. The molecule has 2 aromatic carbocycles. The van der Waals surface area contributed by atoms with Gasteiger partial charge in [0.05, 0.1) is 10.6 Å². The summed E-state index contributed by atoms with van der Waals surface area (Å²) >= 11 is 13.2. The first kappa shape index (κ1) is 16.1. The third kappa shape index (κ3) is 4.63. The molecule has 0 heterocycles. The van der Waals surface area contributed by atoms with Crippen LogP contribution in [0.5, 0.6) is 0 Å². The molecule has 0 atom stereocenters. The van der Waals surface area contributed by atoms with Crippen LogP contribution in [0.2, 0.25) is 10.0 Å². The Balaban J connectivity index is 1.83. The van der Waals surface area contributed by atoms with Gasteiger partial charge >= 0.3 is 0 Å². The molecule has 21 heavy (non-hydrogen) atoms. The minimum absolute atomic E-state index is 0.109. The van der Waals surface area contributed by atoms with Gasteiger partial charge in [0, 0.05) is 22.2 Å². The van der Waals surface area contributed by atoms with E-state index in [1.165, 1.54) is 18.2 Å². The van der Waals surface area contributed by atoms with Crippen LogP contribution in [0.4, 0.5) is 4.39 Å². The molecule has 0 unspecified atom stereocenters. The first-order chi connectivity index (χ1) is 10.1. The molecule has 6 heteroatoms. The van der Waals surface area contributed by atoms with E-state index in [1.807, 2.05) is 24.3 Å². The minimum Gasteiger partial charge on any atom is -0.351 e. The van der Waals surface area contributed by atoms with Gasteiger partial charge in [-0.25, -0.2) is 4.39 Å². The van der Waals surface area contributed by atoms with Crippen molar-refractivity contribution in [3.63, 3.8) is 0 Å². The van der Waals surface area contributed by atoms with Crippen molar-refractivity contribution in [2.75, 3.05) is 12.3 Å². The SMILES string of the molecule is O=C(NCCSc1ccc(Cl)cc1)c1c(F)cccc1Cl. The summed E-state index contributed by atoms with van der Waals surface area (Å²) < 4.78 is 13.5. The highest BCUT2D eigenvalue weighted by molar-refractivity contribution is 7.99. The molecule has 110 valence electrons. The van der Waals surface area contributed by atoms with E-state index in [1.54, 1.807) is 11.8 Å². The van der Waals surface area contributed by atoms with Gasteiger partial charge in [-0.1, -0.05) is 29.3 Å². The van der Waals surface area contributed by atoms with Crippen LogP contribution in [0.25, 0.3) is 0 Å². The van der Waals surface area contributed by atoms with Gasteiger partial charge in [0.1, 0.15) is 5.82 Å². The van der Waals surface area contributed by atoms with Gasteiger partial charge in [-0.3, -0.25) is 4.79 Å². The first-order valence-electron chi connectivity index (χ1n) is 6.18. The standard InChI is InChI=1S/C15H12Cl2FNOS/c16-10-4-6-11(7-5-10)21-9-8-19-15(20)14-12(17)2-1-3-13(14)18/h1-7H,8-9H2,(H,19,20). The zero-order valence-corrected chi connectivity index (χ0v) is 13.2. The van der Waals surface area contributed by atoms with E-state index >= 15 is 0 Å². The van der Waals surface area contributed by atoms with Gasteiger partial charge in [-0.2, -0.15) is 0 Å². The maximum absolute atomic E-state index is 13.5. The maximum Gasteiger partial charge on any atom is 0.255 e. The maximum atomic E-state index is 13.5. The van der Waals surface area contributed by atoms with E-state index < -0.39 is 11.7 Å². The van der Waals surface area contributed by atoms with Crippen molar-refractivity contribution in [2.24, 2.45) is 0 Å². The number of benzene rings is 2. The summed E-state index contributed by atoms with van der Waals surface area (Å²) in [5.74, 6) is -0.459. The number of carbonyl (C=O) groups excluding carboxylic acids is 1. The third-order valence-electron chi connectivity index (χ3n) is 2.66. The lowest BCUT2D eigenvalue weighted by Crippen LogP contribution is -2.26. The summed E-state index contributed by atoms with van der Waals surface area (Å²) in [6, 6.07) is 11.6. The van der Waals surface area contributed by atoms with E-state index in [-0.39, 0.29) is 10.6 Å². The zero-order chi connectivity index (χ0) is 15.2. The number of hydrogen-bond acceptors (Lipinski definition) is 2. The third-order valence-corrected chi connectivity index (χ3v) is 4.24. The van der Waals surface area contributed by atoms with Crippen molar-refractivity contribution in [3.05, 3.63) is 63.9 Å². The van der Waals surface area contributed by atoms with Crippen molar-refractivity contribution in [3.8, 4) is 0 Å². The summed E-state index contributed by atoms with van der Waals surface area (Å²) in [5, 5.41) is 3.44. The van der Waals surface area contributed by atoms with E-state index in [0.29, 0.717) is 17.3 Å². The average Bonchev–Trinajstić information content (AvgIpc) is 2.45. The lowest BCUT2D eigenvalue weighted by molar-refractivity contribution is 0.0952. The second kappa shape index (κ2) is 7.69. The molecule has 0 aliphatic rings. The van der Waals surface area contributed by atoms with E-state index in [0.717, 1.165) is 4.90 Å². The highest BCUT2D eigenvalue weighted by Gasteiger charge is 2.14. The smallest absolute Gasteiger partial charge is 0.255 e. The van der Waals surface area contributed by atoms with Crippen molar-refractivity contribution in [1.82, 2.24) is 5.32 Å². The van der Waals surface area contributed by atoms with Crippen LogP contribution >= 0.6 is 35.0 Å².